The normalized spacial score (nSPS) is 18.3. The van der Waals surface area contributed by atoms with Crippen LogP contribution in [-0.4, -0.2) is 15.3 Å². The summed E-state index contributed by atoms with van der Waals surface area (Å²) in [6, 6.07) is 7.70. The zero-order valence-electron chi connectivity index (χ0n) is 11.0. The molecule has 1 atom stereocenters. The van der Waals surface area contributed by atoms with Crippen molar-refractivity contribution in [2.45, 2.75) is 32.4 Å². The number of imidazole rings is 1. The summed E-state index contributed by atoms with van der Waals surface area (Å²) in [6.45, 7) is 4.17. The Balaban J connectivity index is 1.97. The van der Waals surface area contributed by atoms with Gasteiger partial charge in [-0.15, -0.1) is 0 Å². The van der Waals surface area contributed by atoms with Crippen LogP contribution in [-0.2, 0) is 0 Å². The lowest BCUT2D eigenvalue weighted by atomic mass is 9.99. The zero-order chi connectivity index (χ0) is 13.4. The predicted molar refractivity (Wildman–Crippen MR) is 71.4 cm³/mol. The molecule has 2 heterocycles. The van der Waals surface area contributed by atoms with Gasteiger partial charge in [-0.25, -0.2) is 4.98 Å². The number of ether oxygens (including phenoxy) is 1. The van der Waals surface area contributed by atoms with Gasteiger partial charge in [0.2, 0.25) is 0 Å². The van der Waals surface area contributed by atoms with Crippen molar-refractivity contribution in [1.82, 2.24) is 9.55 Å². The number of aromatic nitrogens is 2. The molecule has 0 fully saturated rings. The summed E-state index contributed by atoms with van der Waals surface area (Å²) in [6.07, 6.45) is 3.70. The summed E-state index contributed by atoms with van der Waals surface area (Å²) in [5.74, 6) is 0.795. The second-order valence-corrected chi connectivity index (χ2v) is 5.05. The van der Waals surface area contributed by atoms with Crippen LogP contribution in [0, 0.1) is 0 Å². The van der Waals surface area contributed by atoms with E-state index in [-0.39, 0.29) is 11.9 Å². The van der Waals surface area contributed by atoms with Gasteiger partial charge in [-0.1, -0.05) is 12.1 Å². The van der Waals surface area contributed by atoms with Crippen LogP contribution in [0.15, 0.2) is 36.8 Å². The first-order valence-electron chi connectivity index (χ1n) is 6.47. The first-order chi connectivity index (χ1) is 9.16. The molecule has 19 heavy (non-hydrogen) atoms. The predicted octanol–water partition coefficient (Wildman–Crippen LogP) is 3.17. The van der Waals surface area contributed by atoms with Crippen molar-refractivity contribution in [1.29, 1.82) is 0 Å². The smallest absolute Gasteiger partial charge is 0.170 e. The fourth-order valence-corrected chi connectivity index (χ4v) is 2.43. The maximum atomic E-state index is 12.2. The highest BCUT2D eigenvalue weighted by Crippen LogP contribution is 2.35. The number of Topliss-reactive ketones (excluding diaryl/α,β-unsaturated/α-hetero) is 1. The van der Waals surface area contributed by atoms with Gasteiger partial charge in [0, 0.05) is 6.04 Å². The molecule has 0 saturated heterocycles. The third-order valence-electron chi connectivity index (χ3n) is 3.41. The molecule has 1 aliphatic heterocycles. The third kappa shape index (κ3) is 2.03. The first kappa shape index (κ1) is 12.0. The Bertz CT molecular complexity index is 616. The Morgan fingerprint density at radius 1 is 1.37 bits per heavy atom. The Kier molecular flexibility index (Phi) is 2.85. The van der Waals surface area contributed by atoms with Crippen molar-refractivity contribution in [3.63, 3.8) is 0 Å². The van der Waals surface area contributed by atoms with Crippen LogP contribution in [0.5, 0.6) is 5.75 Å². The highest BCUT2D eigenvalue weighted by Gasteiger charge is 2.29. The molecule has 0 N–H and O–H groups in total. The highest BCUT2D eigenvalue weighted by atomic mass is 16.5. The number of hydrogen-bond donors (Lipinski definition) is 0. The molecular weight excluding hydrogens is 240 g/mol. The molecule has 0 bridgehead atoms. The summed E-state index contributed by atoms with van der Waals surface area (Å²) in [5.41, 5.74) is 1.63. The number of hydrogen-bond acceptors (Lipinski definition) is 3. The number of para-hydroxylation sites is 1. The van der Waals surface area contributed by atoms with E-state index in [0.29, 0.717) is 23.8 Å². The van der Waals surface area contributed by atoms with E-state index in [2.05, 4.69) is 18.8 Å². The molecule has 0 aliphatic carbocycles. The average Bonchev–Trinajstić information content (AvgIpc) is 2.88. The lowest BCUT2D eigenvalue weighted by Crippen LogP contribution is -2.22. The van der Waals surface area contributed by atoms with Crippen LogP contribution in [0.25, 0.3) is 0 Å². The van der Waals surface area contributed by atoms with E-state index in [1.165, 1.54) is 0 Å². The molecule has 4 heteroatoms. The summed E-state index contributed by atoms with van der Waals surface area (Å²) in [5, 5.41) is 0. The van der Waals surface area contributed by atoms with Crippen molar-refractivity contribution < 1.29 is 9.53 Å². The van der Waals surface area contributed by atoms with Gasteiger partial charge in [0.05, 0.1) is 30.2 Å². The largest absolute Gasteiger partial charge is 0.483 e. The van der Waals surface area contributed by atoms with Gasteiger partial charge >= 0.3 is 0 Å². The van der Waals surface area contributed by atoms with Crippen LogP contribution in [0.3, 0.4) is 0 Å². The Morgan fingerprint density at radius 2 is 2.16 bits per heavy atom. The third-order valence-corrected chi connectivity index (χ3v) is 3.41. The van der Waals surface area contributed by atoms with Crippen molar-refractivity contribution >= 4 is 5.78 Å². The van der Waals surface area contributed by atoms with Crippen LogP contribution in [0.4, 0.5) is 0 Å². The van der Waals surface area contributed by atoms with Crippen LogP contribution < -0.4 is 4.74 Å². The van der Waals surface area contributed by atoms with Crippen LogP contribution in [0.2, 0.25) is 0 Å². The van der Waals surface area contributed by atoms with Crippen molar-refractivity contribution in [3.05, 3.63) is 48.0 Å². The molecule has 2 aromatic rings. The molecule has 0 saturated carbocycles. The van der Waals surface area contributed by atoms with Gasteiger partial charge < -0.3 is 9.30 Å². The molecule has 0 spiro atoms. The van der Waals surface area contributed by atoms with E-state index < -0.39 is 0 Å². The molecule has 4 nitrogen and oxygen atoms in total. The van der Waals surface area contributed by atoms with E-state index in [1.807, 2.05) is 28.8 Å². The van der Waals surface area contributed by atoms with E-state index in [1.54, 1.807) is 12.5 Å². The highest BCUT2D eigenvalue weighted by molar-refractivity contribution is 5.99. The summed E-state index contributed by atoms with van der Waals surface area (Å²) < 4.78 is 8.00. The van der Waals surface area contributed by atoms with Crippen molar-refractivity contribution in [3.8, 4) is 5.75 Å². The first-order valence-corrected chi connectivity index (χ1v) is 6.47. The summed E-state index contributed by atoms with van der Waals surface area (Å²) in [4.78, 5) is 16.3. The van der Waals surface area contributed by atoms with Gasteiger partial charge in [-0.2, -0.15) is 0 Å². The molecule has 0 radical (unpaired) electrons. The van der Waals surface area contributed by atoms with Gasteiger partial charge in [0.1, 0.15) is 11.9 Å². The van der Waals surface area contributed by atoms with E-state index in [0.717, 1.165) is 5.69 Å². The average molecular weight is 256 g/mol. The summed E-state index contributed by atoms with van der Waals surface area (Å²) >= 11 is 0. The number of nitrogens with zero attached hydrogens (tertiary/aromatic N) is 2. The number of fused-ring (bicyclic) bond motifs is 1. The van der Waals surface area contributed by atoms with Crippen LogP contribution >= 0.6 is 0 Å². The quantitative estimate of drug-likeness (QED) is 0.829. The number of carbonyl (C=O) groups is 1. The number of rotatable bonds is 2. The molecule has 98 valence electrons. The fourth-order valence-electron chi connectivity index (χ4n) is 2.43. The Hall–Kier alpha value is -2.10. The van der Waals surface area contributed by atoms with Gasteiger partial charge in [0.25, 0.3) is 0 Å². The van der Waals surface area contributed by atoms with Crippen molar-refractivity contribution in [2.75, 3.05) is 0 Å². The van der Waals surface area contributed by atoms with Gasteiger partial charge in [-0.05, 0) is 26.0 Å². The number of benzene rings is 1. The molecule has 1 aromatic carbocycles. The van der Waals surface area contributed by atoms with Crippen molar-refractivity contribution in [2.24, 2.45) is 0 Å². The SMILES string of the molecule is CC(C)n1cncc1C1CC(=O)c2ccccc2O1. The maximum absolute atomic E-state index is 12.2. The van der Waals surface area contributed by atoms with Gasteiger partial charge in [0.15, 0.2) is 5.78 Å². The second kappa shape index (κ2) is 4.53. The molecule has 0 amide bonds. The molecule has 1 aliphatic rings. The number of carbonyl (C=O) groups excluding carboxylic acids is 1. The minimum absolute atomic E-state index is 0.128. The standard InChI is InChI=1S/C15H16N2O2/c1-10(2)17-9-16-8-12(17)15-7-13(18)11-5-3-4-6-14(11)19-15/h3-6,8-10,15H,7H2,1-2H3. The zero-order valence-corrected chi connectivity index (χ0v) is 11.0. The monoisotopic (exact) mass is 256 g/mol. The minimum Gasteiger partial charge on any atom is -0.483 e. The molecule has 1 unspecified atom stereocenters. The Labute approximate surface area is 112 Å². The van der Waals surface area contributed by atoms with E-state index >= 15 is 0 Å². The maximum Gasteiger partial charge on any atom is 0.170 e. The lowest BCUT2D eigenvalue weighted by molar-refractivity contribution is 0.0838. The van der Waals surface area contributed by atoms with Crippen LogP contribution in [0.1, 0.15) is 48.5 Å². The topological polar surface area (TPSA) is 44.1 Å². The molecular formula is C15H16N2O2. The lowest BCUT2D eigenvalue weighted by Gasteiger charge is -2.26. The van der Waals surface area contributed by atoms with E-state index in [9.17, 15) is 4.79 Å². The van der Waals surface area contributed by atoms with E-state index in [4.69, 9.17) is 4.74 Å². The molecule has 1 aromatic heterocycles. The van der Waals surface area contributed by atoms with Gasteiger partial charge in [-0.3, -0.25) is 4.79 Å². The molecule has 3 rings (SSSR count). The minimum atomic E-state index is -0.243. The summed E-state index contributed by atoms with van der Waals surface area (Å²) in [7, 11) is 0. The number of ketones is 1. The fraction of sp³-hybridized carbons (Fsp3) is 0.333. The Morgan fingerprint density at radius 3 is 2.95 bits per heavy atom. The second-order valence-electron chi connectivity index (χ2n) is 5.05.